The normalized spacial score (nSPS) is 28.8. The molecule has 1 aliphatic carbocycles. The Hall–Kier alpha value is -1.11. The van der Waals surface area contributed by atoms with Crippen molar-refractivity contribution in [1.29, 1.82) is 0 Å². The van der Waals surface area contributed by atoms with Crippen molar-refractivity contribution in [2.45, 2.75) is 69.9 Å². The maximum absolute atomic E-state index is 13.2. The lowest BCUT2D eigenvalue weighted by atomic mass is 9.88. The van der Waals surface area contributed by atoms with Gasteiger partial charge >= 0.3 is 0 Å². The first-order valence-corrected chi connectivity index (χ1v) is 11.6. The van der Waals surface area contributed by atoms with Gasteiger partial charge in [0.2, 0.25) is 5.91 Å². The average Bonchev–Trinajstić information content (AvgIpc) is 3.41. The summed E-state index contributed by atoms with van der Waals surface area (Å²) in [6.07, 6.45) is 11.7. The van der Waals surface area contributed by atoms with Crippen LogP contribution in [0.2, 0.25) is 0 Å². The molecule has 0 bridgehead atoms. The van der Waals surface area contributed by atoms with Gasteiger partial charge in [-0.15, -0.1) is 12.4 Å². The zero-order valence-electron chi connectivity index (χ0n) is 17.5. The van der Waals surface area contributed by atoms with Gasteiger partial charge in [0.25, 0.3) is 0 Å². The molecule has 2 atom stereocenters. The van der Waals surface area contributed by atoms with Gasteiger partial charge in [-0.3, -0.25) is 9.69 Å². The van der Waals surface area contributed by atoms with Crippen LogP contribution in [0.25, 0.3) is 0 Å². The van der Waals surface area contributed by atoms with Crippen LogP contribution in [0, 0.1) is 5.92 Å². The summed E-state index contributed by atoms with van der Waals surface area (Å²) in [5.41, 5.74) is 1.29. The zero-order chi connectivity index (χ0) is 18.9. The Morgan fingerprint density at radius 1 is 1.00 bits per heavy atom. The van der Waals surface area contributed by atoms with Crippen molar-refractivity contribution in [3.05, 3.63) is 17.7 Å². The number of aromatic nitrogens is 2. The Balaban J connectivity index is 0.00000205. The molecule has 1 aromatic heterocycles. The van der Waals surface area contributed by atoms with Crippen molar-refractivity contribution < 1.29 is 4.79 Å². The van der Waals surface area contributed by atoms with E-state index in [0.29, 0.717) is 17.9 Å². The molecule has 1 amide bonds. The third kappa shape index (κ3) is 4.35. The summed E-state index contributed by atoms with van der Waals surface area (Å²) >= 11 is 0. The monoisotopic (exact) mass is 421 g/mol. The Labute approximate surface area is 180 Å². The summed E-state index contributed by atoms with van der Waals surface area (Å²) in [6, 6.07) is 0.568. The number of nitrogens with zero attached hydrogens (tertiary/aromatic N) is 4. The highest BCUT2D eigenvalue weighted by Gasteiger charge is 2.36. The quantitative estimate of drug-likeness (QED) is 0.814. The molecular formula is C22H36ClN5O. The summed E-state index contributed by atoms with van der Waals surface area (Å²) in [6.45, 7) is 7.27. The molecule has 2 saturated heterocycles. The lowest BCUT2D eigenvalue weighted by molar-refractivity contribution is -0.135. The minimum Gasteiger partial charge on any atom is -0.341 e. The molecule has 1 aromatic rings. The highest BCUT2D eigenvalue weighted by atomic mass is 35.5. The first-order valence-electron chi connectivity index (χ1n) is 11.6. The minimum absolute atomic E-state index is 0. The van der Waals surface area contributed by atoms with Gasteiger partial charge in [-0.25, -0.2) is 4.98 Å². The van der Waals surface area contributed by atoms with Crippen LogP contribution in [0.3, 0.4) is 0 Å². The largest absolute Gasteiger partial charge is 0.341 e. The predicted molar refractivity (Wildman–Crippen MR) is 117 cm³/mol. The molecule has 4 aliphatic rings. The Morgan fingerprint density at radius 3 is 2.59 bits per heavy atom. The van der Waals surface area contributed by atoms with E-state index < -0.39 is 0 Å². The van der Waals surface area contributed by atoms with Gasteiger partial charge in [0.05, 0.1) is 0 Å². The van der Waals surface area contributed by atoms with Crippen molar-refractivity contribution in [3.8, 4) is 0 Å². The number of carbonyl (C=O) groups is 1. The number of hydrogen-bond donors (Lipinski definition) is 1. The van der Waals surface area contributed by atoms with Crippen molar-refractivity contribution in [2.24, 2.45) is 5.92 Å². The van der Waals surface area contributed by atoms with Gasteiger partial charge in [-0.2, -0.15) is 0 Å². The third-order valence-corrected chi connectivity index (χ3v) is 7.59. The molecule has 5 rings (SSSR count). The van der Waals surface area contributed by atoms with Crippen LogP contribution in [0.5, 0.6) is 0 Å². The van der Waals surface area contributed by atoms with Crippen molar-refractivity contribution in [1.82, 2.24) is 24.7 Å². The Kier molecular flexibility index (Phi) is 6.82. The van der Waals surface area contributed by atoms with Crippen LogP contribution in [-0.2, 0) is 17.8 Å². The smallest absolute Gasteiger partial charge is 0.226 e. The van der Waals surface area contributed by atoms with E-state index in [4.69, 9.17) is 4.98 Å². The molecule has 3 aliphatic heterocycles. The van der Waals surface area contributed by atoms with E-state index in [1.807, 2.05) is 0 Å². The van der Waals surface area contributed by atoms with Crippen LogP contribution in [-0.4, -0.2) is 70.6 Å². The van der Waals surface area contributed by atoms with E-state index in [2.05, 4.69) is 25.9 Å². The van der Waals surface area contributed by atoms with Gasteiger partial charge in [-0.1, -0.05) is 19.3 Å². The highest BCUT2D eigenvalue weighted by Crippen LogP contribution is 2.35. The topological polar surface area (TPSA) is 53.4 Å². The van der Waals surface area contributed by atoms with E-state index in [1.54, 1.807) is 0 Å². The molecule has 3 fully saturated rings. The van der Waals surface area contributed by atoms with E-state index in [0.717, 1.165) is 65.1 Å². The van der Waals surface area contributed by atoms with Crippen LogP contribution in [0.4, 0.5) is 0 Å². The zero-order valence-corrected chi connectivity index (χ0v) is 18.3. The lowest BCUT2D eigenvalue weighted by Crippen LogP contribution is -2.49. The first-order chi connectivity index (χ1) is 13.8. The number of carbonyl (C=O) groups excluding carboxylic acids is 1. The molecule has 29 heavy (non-hydrogen) atoms. The van der Waals surface area contributed by atoms with Crippen LogP contribution in [0.1, 0.15) is 62.4 Å². The maximum Gasteiger partial charge on any atom is 0.226 e. The molecule has 2 unspecified atom stereocenters. The number of imidazole rings is 1. The molecule has 4 heterocycles. The van der Waals surface area contributed by atoms with Gasteiger partial charge in [0, 0.05) is 82.0 Å². The van der Waals surface area contributed by atoms with Gasteiger partial charge < -0.3 is 14.8 Å². The number of fused-ring (bicyclic) bond motifs is 1. The number of likely N-dealkylation sites (tertiary alicyclic amines) is 1. The summed E-state index contributed by atoms with van der Waals surface area (Å²) in [7, 11) is 0. The molecule has 7 heteroatoms. The van der Waals surface area contributed by atoms with Crippen molar-refractivity contribution >= 4 is 18.3 Å². The molecule has 162 valence electrons. The van der Waals surface area contributed by atoms with E-state index in [9.17, 15) is 4.79 Å². The van der Waals surface area contributed by atoms with Gasteiger partial charge in [0.1, 0.15) is 5.82 Å². The standard InChI is InChI=1S/C22H35N5O.ClH/c28-22(26-10-7-19(16-26)25-12-8-23-9-13-25)18-6-11-27-20(14-18)15-24-21(27)17-4-2-1-3-5-17;/h15,17-19,23H,1-14,16H2;1H. The fourth-order valence-corrected chi connectivity index (χ4v) is 5.93. The second kappa shape index (κ2) is 9.36. The van der Waals surface area contributed by atoms with Crippen LogP contribution >= 0.6 is 12.4 Å². The molecule has 6 nitrogen and oxygen atoms in total. The molecular weight excluding hydrogens is 386 g/mol. The van der Waals surface area contributed by atoms with E-state index >= 15 is 0 Å². The molecule has 0 radical (unpaired) electrons. The summed E-state index contributed by atoms with van der Waals surface area (Å²) in [4.78, 5) is 22.8. The number of nitrogens with one attached hydrogen (secondary N) is 1. The summed E-state index contributed by atoms with van der Waals surface area (Å²) in [5.74, 6) is 2.50. The Morgan fingerprint density at radius 2 is 1.79 bits per heavy atom. The Bertz CT molecular complexity index is 695. The minimum atomic E-state index is 0. The second-order valence-electron chi connectivity index (χ2n) is 9.30. The molecule has 1 saturated carbocycles. The number of rotatable bonds is 3. The van der Waals surface area contributed by atoms with Crippen molar-refractivity contribution in [2.75, 3.05) is 39.3 Å². The van der Waals surface area contributed by atoms with Gasteiger partial charge in [-0.05, 0) is 25.7 Å². The SMILES string of the molecule is Cl.O=C(C1CCn2c(cnc2C2CCCCC2)C1)N1CCC(N2CCNCC2)C1. The average molecular weight is 422 g/mol. The van der Waals surface area contributed by atoms with E-state index in [1.165, 1.54) is 43.6 Å². The first kappa shape index (κ1) is 21.1. The maximum atomic E-state index is 13.2. The lowest BCUT2D eigenvalue weighted by Gasteiger charge is -2.33. The molecule has 0 aromatic carbocycles. The summed E-state index contributed by atoms with van der Waals surface area (Å²) in [5, 5.41) is 3.43. The van der Waals surface area contributed by atoms with E-state index in [-0.39, 0.29) is 18.3 Å². The highest BCUT2D eigenvalue weighted by molar-refractivity contribution is 5.85. The molecule has 1 N–H and O–H groups in total. The fourth-order valence-electron chi connectivity index (χ4n) is 5.93. The van der Waals surface area contributed by atoms with Crippen molar-refractivity contribution in [3.63, 3.8) is 0 Å². The fraction of sp³-hybridized carbons (Fsp3) is 0.818. The van der Waals surface area contributed by atoms with Crippen LogP contribution < -0.4 is 5.32 Å². The second-order valence-corrected chi connectivity index (χ2v) is 9.30. The van der Waals surface area contributed by atoms with Gasteiger partial charge in [0.15, 0.2) is 0 Å². The number of halogens is 1. The molecule has 0 spiro atoms. The third-order valence-electron chi connectivity index (χ3n) is 7.59. The summed E-state index contributed by atoms with van der Waals surface area (Å²) < 4.78 is 2.45. The number of piperazine rings is 1. The number of hydrogen-bond acceptors (Lipinski definition) is 4. The number of amides is 1. The predicted octanol–water partition coefficient (Wildman–Crippen LogP) is 2.42. The van der Waals surface area contributed by atoms with Crippen LogP contribution in [0.15, 0.2) is 6.20 Å².